The highest BCUT2D eigenvalue weighted by atomic mass is 32.2. The fourth-order valence-electron chi connectivity index (χ4n) is 3.45. The lowest BCUT2D eigenvalue weighted by Crippen LogP contribution is -2.50. The van der Waals surface area contributed by atoms with Gasteiger partial charge in [-0.2, -0.15) is 4.31 Å². The van der Waals surface area contributed by atoms with Crippen LogP contribution < -0.4 is 0 Å². The summed E-state index contributed by atoms with van der Waals surface area (Å²) >= 11 is 0. The molecule has 8 nitrogen and oxygen atoms in total. The molecule has 1 aromatic heterocycles. The molecule has 156 valence electrons. The number of carbonyl (C=O) groups excluding carboxylic acids is 1. The largest absolute Gasteiger partial charge is 0.335 e. The maximum absolute atomic E-state index is 12.8. The number of rotatable bonds is 6. The summed E-state index contributed by atoms with van der Waals surface area (Å²) in [5, 5.41) is 8.04. The van der Waals surface area contributed by atoms with Gasteiger partial charge in [0, 0.05) is 26.2 Å². The SMILES string of the molecule is O=C(c1cn(Cc2ccccc2)nn1)N1CCN(S(=O)(=O)Cc2ccccc2)CC1. The molecule has 0 atom stereocenters. The van der Waals surface area contributed by atoms with Gasteiger partial charge >= 0.3 is 0 Å². The standard InChI is InChI=1S/C21H23N5O3S/c27-21(20-16-25(23-22-20)15-18-7-3-1-4-8-18)24-11-13-26(14-12-24)30(28,29)17-19-9-5-2-6-10-19/h1-10,16H,11-15,17H2. The van der Waals surface area contributed by atoms with E-state index in [4.69, 9.17) is 0 Å². The third-order valence-corrected chi connectivity index (χ3v) is 6.91. The molecule has 0 N–H and O–H groups in total. The normalized spacial score (nSPS) is 15.3. The van der Waals surface area contributed by atoms with Crippen molar-refractivity contribution in [1.82, 2.24) is 24.2 Å². The van der Waals surface area contributed by atoms with Crippen molar-refractivity contribution in [2.75, 3.05) is 26.2 Å². The van der Waals surface area contributed by atoms with Crippen molar-refractivity contribution < 1.29 is 13.2 Å². The number of aromatic nitrogens is 3. The van der Waals surface area contributed by atoms with Crippen LogP contribution in [0.15, 0.2) is 66.9 Å². The molecule has 0 unspecified atom stereocenters. The zero-order valence-electron chi connectivity index (χ0n) is 16.5. The molecule has 1 aliphatic rings. The Balaban J connectivity index is 1.34. The van der Waals surface area contributed by atoms with Crippen molar-refractivity contribution in [3.63, 3.8) is 0 Å². The second-order valence-corrected chi connectivity index (χ2v) is 9.19. The Labute approximate surface area is 175 Å². The summed E-state index contributed by atoms with van der Waals surface area (Å²) in [6.45, 7) is 1.75. The second kappa shape index (κ2) is 8.76. The first-order valence-corrected chi connectivity index (χ1v) is 11.4. The molecule has 1 aliphatic heterocycles. The first-order chi connectivity index (χ1) is 14.5. The van der Waals surface area contributed by atoms with Crippen molar-refractivity contribution in [1.29, 1.82) is 0 Å². The lowest BCUT2D eigenvalue weighted by Gasteiger charge is -2.33. The average molecular weight is 426 g/mol. The van der Waals surface area contributed by atoms with Gasteiger partial charge in [0.1, 0.15) is 0 Å². The maximum Gasteiger partial charge on any atom is 0.276 e. The van der Waals surface area contributed by atoms with Gasteiger partial charge in [-0.05, 0) is 11.1 Å². The van der Waals surface area contributed by atoms with E-state index in [1.165, 1.54) is 4.31 Å². The monoisotopic (exact) mass is 425 g/mol. The number of piperazine rings is 1. The molecule has 2 aromatic carbocycles. The van der Waals surface area contributed by atoms with Gasteiger partial charge in [-0.1, -0.05) is 65.9 Å². The Morgan fingerprint density at radius 2 is 1.47 bits per heavy atom. The molecular formula is C21H23N5O3S. The summed E-state index contributed by atoms with van der Waals surface area (Å²) in [7, 11) is -3.42. The molecule has 1 fully saturated rings. The predicted molar refractivity (Wildman–Crippen MR) is 112 cm³/mol. The summed E-state index contributed by atoms with van der Waals surface area (Å²) in [6, 6.07) is 18.9. The van der Waals surface area contributed by atoms with Crippen LogP contribution in [0.1, 0.15) is 21.6 Å². The Bertz CT molecular complexity index is 1090. The molecule has 30 heavy (non-hydrogen) atoms. The van der Waals surface area contributed by atoms with Gasteiger partial charge in [0.15, 0.2) is 5.69 Å². The van der Waals surface area contributed by atoms with E-state index in [-0.39, 0.29) is 30.4 Å². The van der Waals surface area contributed by atoms with Gasteiger partial charge in [0.05, 0.1) is 18.5 Å². The summed E-state index contributed by atoms with van der Waals surface area (Å²) in [4.78, 5) is 14.4. The van der Waals surface area contributed by atoms with Gasteiger partial charge in [-0.15, -0.1) is 5.10 Å². The van der Waals surface area contributed by atoms with E-state index >= 15 is 0 Å². The molecule has 1 amide bonds. The summed E-state index contributed by atoms with van der Waals surface area (Å²) in [5.41, 5.74) is 2.09. The van der Waals surface area contributed by atoms with Crippen molar-refractivity contribution in [2.45, 2.75) is 12.3 Å². The zero-order valence-corrected chi connectivity index (χ0v) is 17.3. The number of hydrogen-bond donors (Lipinski definition) is 0. The molecule has 4 rings (SSSR count). The van der Waals surface area contributed by atoms with Crippen LogP contribution in [0.3, 0.4) is 0 Å². The number of amides is 1. The smallest absolute Gasteiger partial charge is 0.276 e. The van der Waals surface area contributed by atoms with Gasteiger partial charge in [0.2, 0.25) is 10.0 Å². The Morgan fingerprint density at radius 3 is 2.10 bits per heavy atom. The van der Waals surface area contributed by atoms with Crippen LogP contribution in [-0.2, 0) is 22.3 Å². The molecule has 0 saturated carbocycles. The maximum atomic E-state index is 12.8. The molecule has 1 saturated heterocycles. The van der Waals surface area contributed by atoms with Crippen LogP contribution in [0.4, 0.5) is 0 Å². The number of carbonyl (C=O) groups is 1. The second-order valence-electron chi connectivity index (χ2n) is 7.22. The van der Waals surface area contributed by atoms with Gasteiger partial charge in [0.25, 0.3) is 5.91 Å². The highest BCUT2D eigenvalue weighted by molar-refractivity contribution is 7.88. The first-order valence-electron chi connectivity index (χ1n) is 9.76. The van der Waals surface area contributed by atoms with E-state index in [9.17, 15) is 13.2 Å². The van der Waals surface area contributed by atoms with Gasteiger partial charge in [-0.3, -0.25) is 4.79 Å². The highest BCUT2D eigenvalue weighted by Crippen LogP contribution is 2.15. The molecule has 0 bridgehead atoms. The van der Waals surface area contributed by atoms with Crippen LogP contribution in [-0.4, -0.2) is 64.7 Å². The zero-order chi connectivity index (χ0) is 21.0. The van der Waals surface area contributed by atoms with Crippen LogP contribution in [0, 0.1) is 0 Å². The van der Waals surface area contributed by atoms with Gasteiger partial charge in [-0.25, -0.2) is 13.1 Å². The van der Waals surface area contributed by atoms with Crippen molar-refractivity contribution >= 4 is 15.9 Å². The molecule has 0 radical (unpaired) electrons. The molecule has 2 heterocycles. The lowest BCUT2D eigenvalue weighted by atomic mass is 10.2. The third kappa shape index (κ3) is 4.74. The van der Waals surface area contributed by atoms with E-state index in [0.29, 0.717) is 19.6 Å². The van der Waals surface area contributed by atoms with Crippen LogP contribution in [0.2, 0.25) is 0 Å². The molecular weight excluding hydrogens is 402 g/mol. The van der Waals surface area contributed by atoms with Crippen LogP contribution in [0.5, 0.6) is 0 Å². The fraction of sp³-hybridized carbons (Fsp3) is 0.286. The Hall–Kier alpha value is -3.04. The minimum atomic E-state index is -3.42. The summed E-state index contributed by atoms with van der Waals surface area (Å²) in [5.74, 6) is -0.260. The fourth-order valence-corrected chi connectivity index (χ4v) is 4.97. The Morgan fingerprint density at radius 1 is 0.867 bits per heavy atom. The number of sulfonamides is 1. The quantitative estimate of drug-likeness (QED) is 0.599. The van der Waals surface area contributed by atoms with Crippen LogP contribution >= 0.6 is 0 Å². The van der Waals surface area contributed by atoms with Crippen LogP contribution in [0.25, 0.3) is 0 Å². The molecule has 9 heteroatoms. The number of benzene rings is 2. The van der Waals surface area contributed by atoms with E-state index in [1.807, 2.05) is 48.5 Å². The Kier molecular flexibility index (Phi) is 5.91. The average Bonchev–Trinajstić information content (AvgIpc) is 3.23. The molecule has 0 spiro atoms. The predicted octanol–water partition coefficient (Wildman–Crippen LogP) is 1.61. The minimum absolute atomic E-state index is 0.0321. The van der Waals surface area contributed by atoms with Crippen molar-refractivity contribution in [3.8, 4) is 0 Å². The minimum Gasteiger partial charge on any atom is -0.335 e. The first kappa shape index (κ1) is 20.2. The van der Waals surface area contributed by atoms with E-state index in [0.717, 1.165) is 11.1 Å². The number of nitrogens with zero attached hydrogens (tertiary/aromatic N) is 5. The van der Waals surface area contributed by atoms with Crippen molar-refractivity contribution in [2.24, 2.45) is 0 Å². The molecule has 3 aromatic rings. The highest BCUT2D eigenvalue weighted by Gasteiger charge is 2.30. The van der Waals surface area contributed by atoms with E-state index < -0.39 is 10.0 Å². The van der Waals surface area contributed by atoms with Gasteiger partial charge < -0.3 is 4.90 Å². The van der Waals surface area contributed by atoms with E-state index in [1.54, 1.807) is 27.9 Å². The topological polar surface area (TPSA) is 88.4 Å². The summed E-state index contributed by atoms with van der Waals surface area (Å²) in [6.07, 6.45) is 1.63. The lowest BCUT2D eigenvalue weighted by molar-refractivity contribution is 0.0691. The van der Waals surface area contributed by atoms with E-state index in [2.05, 4.69) is 10.3 Å². The number of hydrogen-bond acceptors (Lipinski definition) is 5. The van der Waals surface area contributed by atoms with Crippen molar-refractivity contribution in [3.05, 3.63) is 83.7 Å². The summed E-state index contributed by atoms with van der Waals surface area (Å²) < 4.78 is 28.4. The third-order valence-electron chi connectivity index (χ3n) is 5.06. The molecule has 0 aliphatic carbocycles.